The van der Waals surface area contributed by atoms with Crippen LogP contribution >= 0.6 is 11.3 Å². The van der Waals surface area contributed by atoms with Crippen LogP contribution in [0.15, 0.2) is 42.5 Å². The molecular weight excluding hydrogens is 412 g/mol. The molecule has 0 N–H and O–H groups in total. The molecule has 6 nitrogen and oxygen atoms in total. The second kappa shape index (κ2) is 8.98. The zero-order valence-corrected chi connectivity index (χ0v) is 19.0. The Balaban J connectivity index is 1.63. The zero-order chi connectivity index (χ0) is 22.0. The number of carbonyl (C=O) groups is 1. The molecule has 3 aromatic rings. The SMILES string of the molecule is COc1cccc(C2CCCN2C(=O)c2sc(-c3ccc(OC)c(OC)c3)nc2C)c1. The van der Waals surface area contributed by atoms with Crippen molar-refractivity contribution in [3.63, 3.8) is 0 Å². The minimum Gasteiger partial charge on any atom is -0.497 e. The third kappa shape index (κ3) is 4.10. The van der Waals surface area contributed by atoms with Gasteiger partial charge in [0.25, 0.3) is 5.91 Å². The Morgan fingerprint density at radius 3 is 2.61 bits per heavy atom. The Morgan fingerprint density at radius 2 is 1.87 bits per heavy atom. The van der Waals surface area contributed by atoms with Gasteiger partial charge in [-0.05, 0) is 55.7 Å². The minimum absolute atomic E-state index is 0.0343. The first-order valence-electron chi connectivity index (χ1n) is 10.2. The van der Waals surface area contributed by atoms with Gasteiger partial charge in [-0.25, -0.2) is 4.98 Å². The monoisotopic (exact) mass is 438 g/mol. The molecule has 1 saturated heterocycles. The summed E-state index contributed by atoms with van der Waals surface area (Å²) in [5.41, 5.74) is 2.75. The Labute approximate surface area is 186 Å². The summed E-state index contributed by atoms with van der Waals surface area (Å²) in [6, 6.07) is 13.7. The fraction of sp³-hybridized carbons (Fsp3) is 0.333. The van der Waals surface area contributed by atoms with Gasteiger partial charge in [0, 0.05) is 12.1 Å². The fourth-order valence-electron chi connectivity index (χ4n) is 4.02. The molecule has 0 bridgehead atoms. The Kier molecular flexibility index (Phi) is 6.13. The maximum absolute atomic E-state index is 13.5. The Bertz CT molecular complexity index is 1090. The van der Waals surface area contributed by atoms with E-state index in [9.17, 15) is 4.79 Å². The number of likely N-dealkylation sites (tertiary alicyclic amines) is 1. The maximum atomic E-state index is 13.5. The molecule has 0 saturated carbocycles. The number of ether oxygens (including phenoxy) is 3. The van der Waals surface area contributed by atoms with E-state index in [-0.39, 0.29) is 11.9 Å². The standard InChI is InChI=1S/C24H26N2O4S/c1-15-22(31-23(25-15)17-10-11-20(29-3)21(14-17)30-4)24(27)26-12-6-9-19(26)16-7-5-8-18(13-16)28-2/h5,7-8,10-11,13-14,19H,6,9,12H2,1-4H3. The second-order valence-electron chi connectivity index (χ2n) is 7.44. The molecule has 7 heteroatoms. The van der Waals surface area contributed by atoms with Gasteiger partial charge in [-0.2, -0.15) is 0 Å². The quantitative estimate of drug-likeness (QED) is 0.534. The summed E-state index contributed by atoms with van der Waals surface area (Å²) in [6.07, 6.45) is 1.92. The van der Waals surface area contributed by atoms with Crippen LogP contribution in [-0.2, 0) is 0 Å². The Hall–Kier alpha value is -3.06. The summed E-state index contributed by atoms with van der Waals surface area (Å²) in [5, 5.41) is 0.791. The van der Waals surface area contributed by atoms with Crippen molar-refractivity contribution in [1.29, 1.82) is 0 Å². The molecule has 1 aliphatic rings. The van der Waals surface area contributed by atoms with E-state index < -0.39 is 0 Å². The van der Waals surface area contributed by atoms with Crippen LogP contribution < -0.4 is 14.2 Å². The van der Waals surface area contributed by atoms with Crippen LogP contribution in [0.5, 0.6) is 17.2 Å². The molecule has 31 heavy (non-hydrogen) atoms. The van der Waals surface area contributed by atoms with Gasteiger partial charge in [0.2, 0.25) is 0 Å². The lowest BCUT2D eigenvalue weighted by Gasteiger charge is -2.25. The number of rotatable bonds is 6. The third-order valence-electron chi connectivity index (χ3n) is 5.61. The van der Waals surface area contributed by atoms with Crippen molar-refractivity contribution >= 4 is 17.2 Å². The molecule has 0 radical (unpaired) electrons. The summed E-state index contributed by atoms with van der Waals surface area (Å²) in [4.78, 5) is 20.8. The molecule has 4 rings (SSSR count). The van der Waals surface area contributed by atoms with Crippen molar-refractivity contribution in [2.75, 3.05) is 27.9 Å². The van der Waals surface area contributed by atoms with Gasteiger partial charge in [-0.3, -0.25) is 4.79 Å². The topological polar surface area (TPSA) is 60.9 Å². The summed E-state index contributed by atoms with van der Waals surface area (Å²) in [6.45, 7) is 2.63. The highest BCUT2D eigenvalue weighted by Gasteiger charge is 2.33. The lowest BCUT2D eigenvalue weighted by Crippen LogP contribution is -2.30. The predicted octanol–water partition coefficient (Wildman–Crippen LogP) is 5.12. The van der Waals surface area contributed by atoms with Crippen molar-refractivity contribution in [2.24, 2.45) is 0 Å². The molecule has 0 spiro atoms. The number of carbonyl (C=O) groups excluding carboxylic acids is 1. The lowest BCUT2D eigenvalue weighted by atomic mass is 10.0. The van der Waals surface area contributed by atoms with Gasteiger partial charge in [0.15, 0.2) is 11.5 Å². The molecule has 1 amide bonds. The van der Waals surface area contributed by atoms with Crippen LogP contribution in [-0.4, -0.2) is 43.7 Å². The fourth-order valence-corrected chi connectivity index (χ4v) is 5.04. The normalized spacial score (nSPS) is 15.7. The van der Waals surface area contributed by atoms with Crippen molar-refractivity contribution in [1.82, 2.24) is 9.88 Å². The first-order chi connectivity index (χ1) is 15.0. The summed E-state index contributed by atoms with van der Waals surface area (Å²) < 4.78 is 16.1. The number of amides is 1. The number of hydrogen-bond donors (Lipinski definition) is 0. The summed E-state index contributed by atoms with van der Waals surface area (Å²) >= 11 is 1.42. The molecular formula is C24H26N2O4S. The molecule has 2 heterocycles. The Morgan fingerprint density at radius 1 is 1.06 bits per heavy atom. The number of thiazole rings is 1. The van der Waals surface area contributed by atoms with Gasteiger partial charge in [-0.1, -0.05) is 12.1 Å². The van der Waals surface area contributed by atoms with Gasteiger partial charge in [-0.15, -0.1) is 11.3 Å². The highest BCUT2D eigenvalue weighted by Crippen LogP contribution is 2.38. The maximum Gasteiger partial charge on any atom is 0.266 e. The van der Waals surface area contributed by atoms with E-state index in [2.05, 4.69) is 11.1 Å². The van der Waals surface area contributed by atoms with E-state index in [1.165, 1.54) is 11.3 Å². The molecule has 0 aliphatic carbocycles. The van der Waals surface area contributed by atoms with E-state index in [1.54, 1.807) is 21.3 Å². The highest BCUT2D eigenvalue weighted by atomic mass is 32.1. The van der Waals surface area contributed by atoms with E-state index in [4.69, 9.17) is 14.2 Å². The van der Waals surface area contributed by atoms with Crippen LogP contribution in [0.2, 0.25) is 0 Å². The molecule has 1 unspecified atom stereocenters. The van der Waals surface area contributed by atoms with Crippen molar-refractivity contribution < 1.29 is 19.0 Å². The van der Waals surface area contributed by atoms with Gasteiger partial charge < -0.3 is 19.1 Å². The highest BCUT2D eigenvalue weighted by molar-refractivity contribution is 7.17. The molecule has 162 valence electrons. The molecule has 2 aromatic carbocycles. The molecule has 1 aromatic heterocycles. The summed E-state index contributed by atoms with van der Waals surface area (Å²) in [5.74, 6) is 2.14. The van der Waals surface area contributed by atoms with Crippen LogP contribution in [0.3, 0.4) is 0 Å². The van der Waals surface area contributed by atoms with E-state index in [0.29, 0.717) is 16.4 Å². The lowest BCUT2D eigenvalue weighted by molar-refractivity contribution is 0.0739. The smallest absolute Gasteiger partial charge is 0.266 e. The van der Waals surface area contributed by atoms with Crippen molar-refractivity contribution in [2.45, 2.75) is 25.8 Å². The number of nitrogens with zero attached hydrogens (tertiary/aromatic N) is 2. The number of aryl methyl sites for hydroxylation is 1. The largest absolute Gasteiger partial charge is 0.497 e. The summed E-state index contributed by atoms with van der Waals surface area (Å²) in [7, 11) is 4.87. The first kappa shape index (κ1) is 21.2. The van der Waals surface area contributed by atoms with Crippen molar-refractivity contribution in [3.05, 3.63) is 58.6 Å². The van der Waals surface area contributed by atoms with E-state index in [0.717, 1.165) is 47.0 Å². The molecule has 1 aliphatic heterocycles. The van der Waals surface area contributed by atoms with Gasteiger partial charge >= 0.3 is 0 Å². The van der Waals surface area contributed by atoms with E-state index in [1.807, 2.05) is 48.2 Å². The first-order valence-corrected chi connectivity index (χ1v) is 11.0. The van der Waals surface area contributed by atoms with Crippen molar-refractivity contribution in [3.8, 4) is 27.8 Å². The van der Waals surface area contributed by atoms with Crippen LogP contribution in [0.4, 0.5) is 0 Å². The molecule has 1 atom stereocenters. The predicted molar refractivity (Wildman–Crippen MR) is 121 cm³/mol. The number of benzene rings is 2. The molecule has 1 fully saturated rings. The van der Waals surface area contributed by atoms with Crippen LogP contribution in [0, 0.1) is 6.92 Å². The number of hydrogen-bond acceptors (Lipinski definition) is 6. The second-order valence-corrected chi connectivity index (χ2v) is 8.44. The van der Waals surface area contributed by atoms with Gasteiger partial charge in [0.1, 0.15) is 15.6 Å². The number of aromatic nitrogens is 1. The zero-order valence-electron chi connectivity index (χ0n) is 18.2. The number of methoxy groups -OCH3 is 3. The minimum atomic E-state index is 0.0343. The third-order valence-corrected chi connectivity index (χ3v) is 6.81. The van der Waals surface area contributed by atoms with Crippen LogP contribution in [0.25, 0.3) is 10.6 Å². The average molecular weight is 439 g/mol. The van der Waals surface area contributed by atoms with Gasteiger partial charge in [0.05, 0.1) is 33.1 Å². The van der Waals surface area contributed by atoms with E-state index >= 15 is 0 Å². The average Bonchev–Trinajstić information content (AvgIpc) is 3.45. The van der Waals surface area contributed by atoms with Crippen LogP contribution in [0.1, 0.15) is 39.8 Å².